The van der Waals surface area contributed by atoms with E-state index in [0.29, 0.717) is 11.3 Å². The van der Waals surface area contributed by atoms with Gasteiger partial charge in [-0.25, -0.2) is 0 Å². The number of hydrogen-bond acceptors (Lipinski definition) is 3. The van der Waals surface area contributed by atoms with E-state index in [4.69, 9.17) is 4.42 Å². The number of aryl methyl sites for hydroxylation is 3. The molecule has 5 nitrogen and oxygen atoms in total. The second kappa shape index (κ2) is 6.41. The highest BCUT2D eigenvalue weighted by Gasteiger charge is 2.28. The summed E-state index contributed by atoms with van der Waals surface area (Å²) in [6.45, 7) is 5.47. The number of furan rings is 1. The van der Waals surface area contributed by atoms with Gasteiger partial charge in [-0.05, 0) is 38.5 Å². The molecule has 2 heterocycles. The third-order valence-corrected chi connectivity index (χ3v) is 4.58. The lowest BCUT2D eigenvalue weighted by molar-refractivity contribution is -0.121. The Balaban J connectivity index is 1.69. The molecule has 1 amide bonds. The van der Waals surface area contributed by atoms with Gasteiger partial charge in [0.2, 0.25) is 5.91 Å². The van der Waals surface area contributed by atoms with Crippen LogP contribution in [-0.2, 0) is 23.9 Å². The third kappa shape index (κ3) is 3.46. The van der Waals surface area contributed by atoms with Crippen molar-refractivity contribution in [2.45, 2.75) is 32.8 Å². The number of hydrogen-bond donors (Lipinski definition) is 2. The number of aliphatic hydroxyl groups is 1. The average Bonchev–Trinajstić information content (AvgIpc) is 3.06. The minimum atomic E-state index is -1.17. The van der Waals surface area contributed by atoms with Crippen LogP contribution in [0.25, 0.3) is 10.9 Å². The third-order valence-electron chi connectivity index (χ3n) is 4.58. The van der Waals surface area contributed by atoms with E-state index >= 15 is 0 Å². The molecule has 1 unspecified atom stereocenters. The van der Waals surface area contributed by atoms with Gasteiger partial charge < -0.3 is 19.4 Å². The molecular formula is C20H24N2O3. The number of para-hydroxylation sites is 1. The van der Waals surface area contributed by atoms with E-state index in [-0.39, 0.29) is 18.9 Å². The molecule has 0 saturated heterocycles. The lowest BCUT2D eigenvalue weighted by Gasteiger charge is -2.23. The summed E-state index contributed by atoms with van der Waals surface area (Å²) in [5, 5.41) is 14.6. The smallest absolute Gasteiger partial charge is 0.224 e. The van der Waals surface area contributed by atoms with E-state index in [9.17, 15) is 9.90 Å². The highest BCUT2D eigenvalue weighted by atomic mass is 16.3. The maximum Gasteiger partial charge on any atom is 0.224 e. The van der Waals surface area contributed by atoms with E-state index in [1.807, 2.05) is 62.0 Å². The minimum Gasteiger partial charge on any atom is -0.466 e. The normalized spacial score (nSPS) is 13.8. The quantitative estimate of drug-likeness (QED) is 0.750. The summed E-state index contributed by atoms with van der Waals surface area (Å²) in [7, 11) is 1.97. The number of amides is 1. The van der Waals surface area contributed by atoms with Gasteiger partial charge in [0.1, 0.15) is 17.1 Å². The largest absolute Gasteiger partial charge is 0.466 e. The first-order valence-corrected chi connectivity index (χ1v) is 8.37. The fourth-order valence-electron chi connectivity index (χ4n) is 3.33. The molecule has 25 heavy (non-hydrogen) atoms. The number of nitrogens with one attached hydrogen (secondary N) is 1. The lowest BCUT2D eigenvalue weighted by atomic mass is 9.96. The van der Waals surface area contributed by atoms with Crippen LogP contribution in [0.15, 0.2) is 40.9 Å². The molecule has 1 aromatic carbocycles. The predicted molar refractivity (Wildman–Crippen MR) is 97.4 cm³/mol. The summed E-state index contributed by atoms with van der Waals surface area (Å²) < 4.78 is 7.50. The van der Waals surface area contributed by atoms with Crippen molar-refractivity contribution in [2.75, 3.05) is 6.54 Å². The summed E-state index contributed by atoms with van der Waals surface area (Å²) >= 11 is 0. The first kappa shape index (κ1) is 17.3. The summed E-state index contributed by atoms with van der Waals surface area (Å²) in [5.74, 6) is 1.30. The van der Waals surface area contributed by atoms with Gasteiger partial charge in [0, 0.05) is 29.7 Å². The molecule has 0 aliphatic rings. The zero-order valence-corrected chi connectivity index (χ0v) is 15.1. The molecule has 5 heteroatoms. The fraction of sp³-hybridized carbons (Fsp3) is 0.350. The van der Waals surface area contributed by atoms with Gasteiger partial charge in [0.25, 0.3) is 0 Å². The minimum absolute atomic E-state index is 0.116. The standard InChI is InChI=1S/C20H24N2O3/c1-13-9-17(14(2)25-13)20(3,24)12-21-19(23)10-15-11-22(4)18-8-6-5-7-16(15)18/h5-9,11,24H,10,12H2,1-4H3,(H,21,23). The molecule has 0 spiro atoms. The molecule has 3 aromatic rings. The molecule has 0 radical (unpaired) electrons. The molecule has 0 aliphatic carbocycles. The van der Waals surface area contributed by atoms with Gasteiger partial charge in [-0.15, -0.1) is 0 Å². The Morgan fingerprint density at radius 3 is 2.72 bits per heavy atom. The van der Waals surface area contributed by atoms with Crippen LogP contribution < -0.4 is 5.32 Å². The van der Waals surface area contributed by atoms with Crippen LogP contribution in [0.2, 0.25) is 0 Å². The molecule has 0 bridgehead atoms. The van der Waals surface area contributed by atoms with Crippen LogP contribution in [-0.4, -0.2) is 22.1 Å². The van der Waals surface area contributed by atoms with Gasteiger partial charge >= 0.3 is 0 Å². The Kier molecular flexibility index (Phi) is 4.43. The number of carbonyl (C=O) groups is 1. The number of rotatable bonds is 5. The fourth-order valence-corrected chi connectivity index (χ4v) is 3.33. The maximum absolute atomic E-state index is 12.4. The first-order valence-electron chi connectivity index (χ1n) is 8.37. The maximum atomic E-state index is 12.4. The zero-order chi connectivity index (χ0) is 18.2. The molecule has 132 valence electrons. The molecule has 0 saturated carbocycles. The molecule has 2 aromatic heterocycles. The van der Waals surface area contributed by atoms with Gasteiger partial charge in [0.05, 0.1) is 13.0 Å². The van der Waals surface area contributed by atoms with Crippen molar-refractivity contribution >= 4 is 16.8 Å². The summed E-state index contributed by atoms with van der Waals surface area (Å²) in [4.78, 5) is 12.4. The van der Waals surface area contributed by atoms with Crippen molar-refractivity contribution in [1.29, 1.82) is 0 Å². The summed E-state index contributed by atoms with van der Waals surface area (Å²) in [6, 6.07) is 9.82. The summed E-state index contributed by atoms with van der Waals surface area (Å²) in [5.41, 5.74) is 1.61. The number of fused-ring (bicyclic) bond motifs is 1. The molecule has 3 rings (SSSR count). The first-order chi connectivity index (χ1) is 11.8. The number of benzene rings is 1. The van der Waals surface area contributed by atoms with Crippen LogP contribution in [0.4, 0.5) is 0 Å². The van der Waals surface area contributed by atoms with E-state index in [2.05, 4.69) is 5.32 Å². The Hall–Kier alpha value is -2.53. The van der Waals surface area contributed by atoms with Gasteiger partial charge in [-0.1, -0.05) is 18.2 Å². The van der Waals surface area contributed by atoms with Crippen molar-refractivity contribution in [3.8, 4) is 0 Å². The van der Waals surface area contributed by atoms with Crippen molar-refractivity contribution in [3.63, 3.8) is 0 Å². The Labute approximate surface area is 147 Å². The Morgan fingerprint density at radius 2 is 2.04 bits per heavy atom. The Morgan fingerprint density at radius 1 is 1.32 bits per heavy atom. The second-order valence-corrected chi connectivity index (χ2v) is 6.84. The van der Waals surface area contributed by atoms with Crippen molar-refractivity contribution in [3.05, 3.63) is 59.2 Å². The van der Waals surface area contributed by atoms with E-state index in [1.165, 1.54) is 0 Å². The van der Waals surface area contributed by atoms with Crippen molar-refractivity contribution in [2.24, 2.45) is 7.05 Å². The molecule has 0 fully saturated rings. The Bertz CT molecular complexity index is 918. The molecule has 2 N–H and O–H groups in total. The van der Waals surface area contributed by atoms with Gasteiger partial charge in [-0.2, -0.15) is 0 Å². The summed E-state index contributed by atoms with van der Waals surface area (Å²) in [6.07, 6.45) is 2.26. The zero-order valence-electron chi connectivity index (χ0n) is 15.1. The highest BCUT2D eigenvalue weighted by molar-refractivity contribution is 5.89. The van der Waals surface area contributed by atoms with Crippen LogP contribution >= 0.6 is 0 Å². The lowest BCUT2D eigenvalue weighted by Crippen LogP contribution is -2.39. The topological polar surface area (TPSA) is 67.4 Å². The number of nitrogens with zero attached hydrogens (tertiary/aromatic N) is 1. The highest BCUT2D eigenvalue weighted by Crippen LogP contribution is 2.26. The van der Waals surface area contributed by atoms with Crippen molar-refractivity contribution in [1.82, 2.24) is 9.88 Å². The number of aromatic nitrogens is 1. The molecular weight excluding hydrogens is 316 g/mol. The predicted octanol–water partition coefficient (Wildman–Crippen LogP) is 2.95. The monoisotopic (exact) mass is 340 g/mol. The van der Waals surface area contributed by atoms with Crippen LogP contribution in [0.1, 0.15) is 29.6 Å². The molecule has 1 atom stereocenters. The van der Waals surface area contributed by atoms with E-state index < -0.39 is 5.60 Å². The van der Waals surface area contributed by atoms with Gasteiger partial charge in [-0.3, -0.25) is 4.79 Å². The number of carbonyl (C=O) groups excluding carboxylic acids is 1. The SMILES string of the molecule is Cc1cc(C(C)(O)CNC(=O)Cc2cn(C)c3ccccc23)c(C)o1. The van der Waals surface area contributed by atoms with Crippen molar-refractivity contribution < 1.29 is 14.3 Å². The van der Waals surface area contributed by atoms with E-state index in [1.54, 1.807) is 6.92 Å². The molecule has 0 aliphatic heterocycles. The second-order valence-electron chi connectivity index (χ2n) is 6.84. The van der Waals surface area contributed by atoms with Crippen LogP contribution in [0, 0.1) is 13.8 Å². The van der Waals surface area contributed by atoms with Gasteiger partial charge in [0.15, 0.2) is 0 Å². The van der Waals surface area contributed by atoms with E-state index in [0.717, 1.165) is 22.2 Å². The average molecular weight is 340 g/mol. The van der Waals surface area contributed by atoms with Crippen LogP contribution in [0.3, 0.4) is 0 Å². The van der Waals surface area contributed by atoms with Crippen LogP contribution in [0.5, 0.6) is 0 Å².